The van der Waals surface area contributed by atoms with Crippen LogP contribution in [0.1, 0.15) is 0 Å². The predicted molar refractivity (Wildman–Crippen MR) is 130 cm³/mol. The van der Waals surface area contributed by atoms with Gasteiger partial charge in [-0.2, -0.15) is 0 Å². The molecular weight excluding hydrogens is 380 g/mol. The average molecular weight is 405 g/mol. The fourth-order valence-electron chi connectivity index (χ4n) is 4.62. The molecule has 0 amide bonds. The van der Waals surface area contributed by atoms with Gasteiger partial charge in [0.25, 0.3) is 0 Å². The van der Waals surface area contributed by atoms with Crippen molar-refractivity contribution in [3.63, 3.8) is 0 Å². The van der Waals surface area contributed by atoms with Crippen molar-refractivity contribution < 1.29 is 0 Å². The first-order valence-electron chi connectivity index (χ1n) is 10.2. The summed E-state index contributed by atoms with van der Waals surface area (Å²) < 4.78 is 0. The quantitative estimate of drug-likeness (QED) is 0.419. The van der Waals surface area contributed by atoms with Crippen molar-refractivity contribution >= 4 is 46.8 Å². The number of rotatable bonds is 3. The minimum atomic E-state index is -2.55. The van der Waals surface area contributed by atoms with Crippen molar-refractivity contribution in [2.45, 2.75) is 0 Å². The molecule has 5 rings (SSSR count). The predicted octanol–water partition coefficient (Wildman–Crippen LogP) is 1.80. The highest BCUT2D eigenvalue weighted by atomic mass is 28.3. The summed E-state index contributed by atoms with van der Waals surface area (Å²) in [5.41, 5.74) is 2.27. The van der Waals surface area contributed by atoms with Crippen LogP contribution in [0.5, 0.6) is 0 Å². The highest BCUT2D eigenvalue weighted by Crippen LogP contribution is 2.22. The first-order chi connectivity index (χ1) is 14.6. The van der Waals surface area contributed by atoms with Gasteiger partial charge in [-0.1, -0.05) is 79.4 Å². The molecule has 4 aromatic carbocycles. The van der Waals surface area contributed by atoms with Crippen LogP contribution in [0, 0.1) is 0 Å². The van der Waals surface area contributed by atoms with Gasteiger partial charge in [0.05, 0.1) is 11.0 Å². The standard InChI is InChI=1S/C27H24N2Si/c1-20-14-16-24-26(18-20)30(22-10-6-4-7-11-22,23-12-8-5-9-13-23)27-19-21(29(2)3)15-17-25(27)28-24/h4-19H,1H2,2-3H3. The van der Waals surface area contributed by atoms with E-state index in [0.717, 1.165) is 16.3 Å². The van der Waals surface area contributed by atoms with Gasteiger partial charge in [-0.3, -0.25) is 0 Å². The van der Waals surface area contributed by atoms with E-state index in [0.29, 0.717) is 0 Å². The first kappa shape index (κ1) is 18.6. The van der Waals surface area contributed by atoms with Gasteiger partial charge in [-0.05, 0) is 50.2 Å². The summed E-state index contributed by atoms with van der Waals surface area (Å²) in [6.45, 7) is 4.26. The summed E-state index contributed by atoms with van der Waals surface area (Å²) in [5, 5.41) is 7.48. The van der Waals surface area contributed by atoms with Crippen LogP contribution in [0.25, 0.3) is 6.58 Å². The largest absolute Gasteiger partial charge is 0.378 e. The van der Waals surface area contributed by atoms with E-state index in [1.807, 2.05) is 0 Å². The zero-order valence-electron chi connectivity index (χ0n) is 17.3. The highest BCUT2D eigenvalue weighted by Gasteiger charge is 2.45. The van der Waals surface area contributed by atoms with E-state index < -0.39 is 8.07 Å². The van der Waals surface area contributed by atoms with E-state index >= 15 is 0 Å². The maximum Gasteiger partial charge on any atom is 0.184 e. The van der Waals surface area contributed by atoms with Gasteiger partial charge in [0.15, 0.2) is 8.07 Å². The molecule has 0 aromatic heterocycles. The summed E-state index contributed by atoms with van der Waals surface area (Å²) in [4.78, 5) is 7.25. The number of nitrogens with zero attached hydrogens (tertiary/aromatic N) is 2. The molecule has 0 atom stereocenters. The Hall–Kier alpha value is -3.43. The molecular formula is C27H24N2Si. The Balaban J connectivity index is 2.02. The summed E-state index contributed by atoms with van der Waals surface area (Å²) in [7, 11) is 1.65. The molecule has 0 unspecified atom stereocenters. The lowest BCUT2D eigenvalue weighted by Gasteiger charge is -2.37. The minimum absolute atomic E-state index is 1.03. The zero-order chi connectivity index (χ0) is 20.7. The smallest absolute Gasteiger partial charge is 0.184 e. The van der Waals surface area contributed by atoms with Crippen molar-refractivity contribution in [2.24, 2.45) is 4.99 Å². The molecule has 0 fully saturated rings. The Morgan fingerprint density at radius 1 is 0.700 bits per heavy atom. The number of hydrogen-bond donors (Lipinski definition) is 0. The molecule has 0 aliphatic carbocycles. The molecule has 146 valence electrons. The average Bonchev–Trinajstić information content (AvgIpc) is 2.78. The number of benzene rings is 4. The SMILES string of the molecule is C=c1ccc2c(c1)[Si](c1ccccc1)(c1ccccc1)c1cc(N(C)C)ccc1N=2. The van der Waals surface area contributed by atoms with Gasteiger partial charge >= 0.3 is 0 Å². The molecule has 0 radical (unpaired) electrons. The summed E-state index contributed by atoms with van der Waals surface area (Å²) in [5.74, 6) is 0. The van der Waals surface area contributed by atoms with Crippen LogP contribution in [0.2, 0.25) is 0 Å². The van der Waals surface area contributed by atoms with Gasteiger partial charge in [-0.15, -0.1) is 0 Å². The summed E-state index contributed by atoms with van der Waals surface area (Å²) in [6, 6.07) is 35.1. The van der Waals surface area contributed by atoms with Crippen LogP contribution in [0.15, 0.2) is 102 Å². The molecule has 0 spiro atoms. The zero-order valence-corrected chi connectivity index (χ0v) is 18.3. The molecule has 1 aliphatic rings. The Morgan fingerprint density at radius 3 is 1.93 bits per heavy atom. The van der Waals surface area contributed by atoms with E-state index in [1.54, 1.807) is 0 Å². The number of hydrogen-bond acceptors (Lipinski definition) is 2. The van der Waals surface area contributed by atoms with Crippen LogP contribution in [-0.2, 0) is 0 Å². The normalized spacial score (nSPS) is 13.7. The first-order valence-corrected chi connectivity index (χ1v) is 12.2. The van der Waals surface area contributed by atoms with E-state index in [1.165, 1.54) is 26.4 Å². The van der Waals surface area contributed by atoms with Crippen molar-refractivity contribution in [1.82, 2.24) is 0 Å². The Bertz CT molecular complexity index is 1290. The topological polar surface area (TPSA) is 15.6 Å². The van der Waals surface area contributed by atoms with Gasteiger partial charge < -0.3 is 4.90 Å². The van der Waals surface area contributed by atoms with E-state index in [-0.39, 0.29) is 0 Å². The van der Waals surface area contributed by atoms with Crippen LogP contribution in [-0.4, -0.2) is 22.2 Å². The Labute approximate surface area is 178 Å². The van der Waals surface area contributed by atoms with Crippen molar-refractivity contribution in [3.05, 3.63) is 108 Å². The van der Waals surface area contributed by atoms with Crippen molar-refractivity contribution in [3.8, 4) is 0 Å². The molecule has 2 nitrogen and oxygen atoms in total. The fraction of sp³-hybridized carbons (Fsp3) is 0.0741. The van der Waals surface area contributed by atoms with Crippen LogP contribution in [0.4, 0.5) is 11.4 Å². The lowest BCUT2D eigenvalue weighted by Crippen LogP contribution is -2.79. The monoisotopic (exact) mass is 404 g/mol. The summed E-state index contributed by atoms with van der Waals surface area (Å²) >= 11 is 0. The third kappa shape index (κ3) is 2.74. The maximum absolute atomic E-state index is 5.09. The molecule has 0 bridgehead atoms. The summed E-state index contributed by atoms with van der Waals surface area (Å²) in [6.07, 6.45) is 0. The molecule has 3 heteroatoms. The van der Waals surface area contributed by atoms with E-state index in [4.69, 9.17) is 4.99 Å². The van der Waals surface area contributed by atoms with E-state index in [9.17, 15) is 0 Å². The second-order valence-corrected chi connectivity index (χ2v) is 11.8. The lowest BCUT2D eigenvalue weighted by molar-refractivity contribution is 1.13. The highest BCUT2D eigenvalue weighted by molar-refractivity contribution is 7.20. The van der Waals surface area contributed by atoms with Crippen LogP contribution in [0.3, 0.4) is 0 Å². The molecule has 1 heterocycles. The molecule has 0 saturated heterocycles. The molecule has 1 aliphatic heterocycles. The third-order valence-electron chi connectivity index (χ3n) is 6.02. The minimum Gasteiger partial charge on any atom is -0.378 e. The number of anilines is 1. The lowest BCUT2D eigenvalue weighted by atomic mass is 10.2. The van der Waals surface area contributed by atoms with Gasteiger partial charge in [0, 0.05) is 19.8 Å². The fourth-order valence-corrected chi connectivity index (χ4v) is 9.69. The molecule has 4 aromatic rings. The van der Waals surface area contributed by atoms with Gasteiger partial charge in [-0.25, -0.2) is 4.99 Å². The maximum atomic E-state index is 5.09. The molecule has 0 N–H and O–H groups in total. The van der Waals surface area contributed by atoms with Gasteiger partial charge in [0.2, 0.25) is 0 Å². The van der Waals surface area contributed by atoms with Crippen molar-refractivity contribution in [2.75, 3.05) is 19.0 Å². The number of fused-ring (bicyclic) bond motifs is 2. The van der Waals surface area contributed by atoms with Gasteiger partial charge in [0.1, 0.15) is 0 Å². The van der Waals surface area contributed by atoms with E-state index in [2.05, 4.69) is 123 Å². The van der Waals surface area contributed by atoms with Crippen LogP contribution < -0.4 is 36.2 Å². The molecule has 30 heavy (non-hydrogen) atoms. The third-order valence-corrected chi connectivity index (χ3v) is 10.8. The Morgan fingerprint density at radius 2 is 1.33 bits per heavy atom. The van der Waals surface area contributed by atoms with Crippen LogP contribution >= 0.6 is 0 Å². The second kappa shape index (κ2) is 7.12. The Kier molecular flexibility index (Phi) is 4.41. The van der Waals surface area contributed by atoms with Crippen molar-refractivity contribution in [1.29, 1.82) is 0 Å². The second-order valence-electron chi connectivity index (χ2n) is 8.04. The molecule has 0 saturated carbocycles.